The van der Waals surface area contributed by atoms with E-state index in [1.54, 1.807) is 11.0 Å². The molecule has 0 spiro atoms. The molecule has 1 N–H and O–H groups in total. The van der Waals surface area contributed by atoms with Crippen molar-refractivity contribution in [1.29, 1.82) is 0 Å². The minimum Gasteiger partial charge on any atom is -0.468 e. The molecule has 0 radical (unpaired) electrons. The van der Waals surface area contributed by atoms with Crippen molar-refractivity contribution >= 4 is 6.03 Å². The van der Waals surface area contributed by atoms with Crippen LogP contribution in [0.5, 0.6) is 5.88 Å². The number of nitrogens with zero attached hydrogens (tertiary/aromatic N) is 2. The van der Waals surface area contributed by atoms with Crippen molar-refractivity contribution in [2.75, 3.05) is 26.3 Å². The van der Waals surface area contributed by atoms with Gasteiger partial charge < -0.3 is 19.7 Å². The van der Waals surface area contributed by atoms with Crippen LogP contribution in [0, 0.1) is 0 Å². The molecule has 2 rings (SSSR count). The molecule has 0 saturated carbocycles. The lowest BCUT2D eigenvalue weighted by Crippen LogP contribution is -2.49. The Morgan fingerprint density at radius 3 is 3.04 bits per heavy atom. The molecule has 1 aromatic rings. The third kappa shape index (κ3) is 5.88. The van der Waals surface area contributed by atoms with Crippen molar-refractivity contribution in [3.05, 3.63) is 23.9 Å². The van der Waals surface area contributed by atoms with Crippen LogP contribution in [-0.4, -0.2) is 54.5 Å². The van der Waals surface area contributed by atoms with Gasteiger partial charge in [0.25, 0.3) is 0 Å². The number of rotatable bonds is 5. The quantitative estimate of drug-likeness (QED) is 0.888. The van der Waals surface area contributed by atoms with Gasteiger partial charge >= 0.3 is 12.2 Å². The fraction of sp³-hybridized carbons (Fsp3) is 0.600. The second-order valence-corrected chi connectivity index (χ2v) is 5.41. The zero-order valence-corrected chi connectivity index (χ0v) is 13.3. The van der Waals surface area contributed by atoms with Crippen LogP contribution < -0.4 is 10.1 Å². The van der Waals surface area contributed by atoms with Gasteiger partial charge in [-0.2, -0.15) is 13.2 Å². The Balaban J connectivity index is 1.84. The smallest absolute Gasteiger partial charge is 0.422 e. The molecule has 6 nitrogen and oxygen atoms in total. The summed E-state index contributed by atoms with van der Waals surface area (Å²) in [5, 5.41) is 2.74. The number of nitrogens with one attached hydrogen (secondary N) is 1. The molecule has 2 amide bonds. The van der Waals surface area contributed by atoms with Crippen molar-refractivity contribution in [3.63, 3.8) is 0 Å². The van der Waals surface area contributed by atoms with E-state index in [0.717, 1.165) is 6.42 Å². The fourth-order valence-electron chi connectivity index (χ4n) is 2.24. The number of hydrogen-bond acceptors (Lipinski definition) is 4. The molecule has 0 unspecified atom stereocenters. The average Bonchev–Trinajstić information content (AvgIpc) is 2.57. The number of pyridine rings is 1. The summed E-state index contributed by atoms with van der Waals surface area (Å²) in [5.74, 6) is -0.128. The lowest BCUT2D eigenvalue weighted by Gasteiger charge is -2.32. The van der Waals surface area contributed by atoms with E-state index in [0.29, 0.717) is 25.3 Å². The third-order valence-corrected chi connectivity index (χ3v) is 3.51. The summed E-state index contributed by atoms with van der Waals surface area (Å²) in [4.78, 5) is 17.5. The van der Waals surface area contributed by atoms with Crippen molar-refractivity contribution in [1.82, 2.24) is 15.2 Å². The van der Waals surface area contributed by atoms with Gasteiger partial charge in [0.2, 0.25) is 5.88 Å². The van der Waals surface area contributed by atoms with Crippen molar-refractivity contribution in [2.45, 2.75) is 32.2 Å². The van der Waals surface area contributed by atoms with Gasteiger partial charge in [0.05, 0.1) is 12.7 Å². The van der Waals surface area contributed by atoms with Gasteiger partial charge in [-0.05, 0) is 18.1 Å². The Morgan fingerprint density at radius 1 is 1.54 bits per heavy atom. The number of amides is 2. The Kier molecular flexibility index (Phi) is 6.24. The number of carbonyl (C=O) groups excluding carboxylic acids is 1. The van der Waals surface area contributed by atoms with Gasteiger partial charge in [0.15, 0.2) is 6.61 Å². The lowest BCUT2D eigenvalue weighted by atomic mass is 10.2. The number of aromatic nitrogens is 1. The van der Waals surface area contributed by atoms with Crippen LogP contribution in [0.3, 0.4) is 0 Å². The summed E-state index contributed by atoms with van der Waals surface area (Å²) in [5.41, 5.74) is 0.607. The van der Waals surface area contributed by atoms with Crippen molar-refractivity contribution in [2.24, 2.45) is 0 Å². The second-order valence-electron chi connectivity index (χ2n) is 5.41. The van der Waals surface area contributed by atoms with Gasteiger partial charge in [-0.1, -0.05) is 6.92 Å². The first-order chi connectivity index (χ1) is 11.4. The van der Waals surface area contributed by atoms with E-state index in [4.69, 9.17) is 4.74 Å². The van der Waals surface area contributed by atoms with Crippen LogP contribution in [0.25, 0.3) is 0 Å². The number of urea groups is 1. The molecule has 0 bridgehead atoms. The Morgan fingerprint density at radius 2 is 2.33 bits per heavy atom. The maximum Gasteiger partial charge on any atom is 0.422 e. The first-order valence-corrected chi connectivity index (χ1v) is 7.66. The van der Waals surface area contributed by atoms with Crippen LogP contribution in [-0.2, 0) is 11.3 Å². The number of alkyl halides is 3. The lowest BCUT2D eigenvalue weighted by molar-refractivity contribution is -0.154. The number of halogens is 3. The first kappa shape index (κ1) is 18.3. The van der Waals surface area contributed by atoms with E-state index in [1.165, 1.54) is 12.3 Å². The zero-order valence-electron chi connectivity index (χ0n) is 13.3. The summed E-state index contributed by atoms with van der Waals surface area (Å²) >= 11 is 0. The van der Waals surface area contributed by atoms with Crippen LogP contribution in [0.4, 0.5) is 18.0 Å². The highest BCUT2D eigenvalue weighted by molar-refractivity contribution is 5.74. The Bertz CT molecular complexity index is 554. The highest BCUT2D eigenvalue weighted by Gasteiger charge is 2.28. The van der Waals surface area contributed by atoms with Crippen LogP contribution in [0.1, 0.15) is 18.9 Å². The molecule has 1 aliphatic heterocycles. The molecule has 9 heteroatoms. The molecule has 134 valence electrons. The van der Waals surface area contributed by atoms with Gasteiger partial charge in [0.1, 0.15) is 0 Å². The van der Waals surface area contributed by atoms with E-state index in [-0.39, 0.29) is 24.6 Å². The number of carbonyl (C=O) groups is 1. The second kappa shape index (κ2) is 8.18. The van der Waals surface area contributed by atoms with Crippen molar-refractivity contribution in [3.8, 4) is 5.88 Å². The van der Waals surface area contributed by atoms with Crippen LogP contribution in [0.2, 0.25) is 0 Å². The predicted octanol–water partition coefficient (Wildman–Crippen LogP) is 2.34. The Labute approximate surface area is 137 Å². The Hall–Kier alpha value is -2.03. The molecule has 0 aliphatic carbocycles. The predicted molar refractivity (Wildman–Crippen MR) is 79.6 cm³/mol. The molecule has 24 heavy (non-hydrogen) atoms. The topological polar surface area (TPSA) is 63.7 Å². The molecular formula is C15H20F3N3O3. The molecule has 2 heterocycles. The van der Waals surface area contributed by atoms with Crippen molar-refractivity contribution < 1.29 is 27.4 Å². The zero-order chi connectivity index (χ0) is 17.6. The summed E-state index contributed by atoms with van der Waals surface area (Å²) in [7, 11) is 0. The maximum absolute atomic E-state index is 12.1. The monoisotopic (exact) mass is 347 g/mol. The average molecular weight is 347 g/mol. The molecule has 1 aliphatic rings. The maximum atomic E-state index is 12.1. The fourth-order valence-corrected chi connectivity index (χ4v) is 2.24. The molecule has 0 aromatic carbocycles. The molecule has 1 atom stereocenters. The molecule has 1 fully saturated rings. The number of ether oxygens (including phenoxy) is 2. The van der Waals surface area contributed by atoms with Crippen LogP contribution >= 0.6 is 0 Å². The van der Waals surface area contributed by atoms with Gasteiger partial charge in [-0.25, -0.2) is 9.78 Å². The van der Waals surface area contributed by atoms with E-state index in [9.17, 15) is 18.0 Å². The first-order valence-electron chi connectivity index (χ1n) is 7.66. The normalized spacial score (nSPS) is 18.3. The SMILES string of the molecule is CC[C@@H]1CN(C(=O)NCc2ccnc(OCC(F)(F)F)c2)CCO1. The van der Waals surface area contributed by atoms with Gasteiger partial charge in [-0.3, -0.25) is 0 Å². The van der Waals surface area contributed by atoms with Gasteiger partial charge in [-0.15, -0.1) is 0 Å². The summed E-state index contributed by atoms with van der Waals surface area (Å²) in [6, 6.07) is 2.75. The van der Waals surface area contributed by atoms with Gasteiger partial charge in [0, 0.05) is 31.9 Å². The molecular weight excluding hydrogens is 327 g/mol. The third-order valence-electron chi connectivity index (χ3n) is 3.51. The molecule has 1 saturated heterocycles. The van der Waals surface area contributed by atoms with E-state index >= 15 is 0 Å². The molecule has 1 aromatic heterocycles. The summed E-state index contributed by atoms with van der Waals surface area (Å²) in [6.07, 6.45) is -2.21. The summed E-state index contributed by atoms with van der Waals surface area (Å²) < 4.78 is 46.5. The highest BCUT2D eigenvalue weighted by Crippen LogP contribution is 2.17. The number of hydrogen-bond donors (Lipinski definition) is 1. The number of morpholine rings is 1. The van der Waals surface area contributed by atoms with E-state index < -0.39 is 12.8 Å². The minimum absolute atomic E-state index is 0.0350. The van der Waals surface area contributed by atoms with Crippen LogP contribution in [0.15, 0.2) is 18.3 Å². The standard InChI is InChI=1S/C15H20F3N3O3/c1-2-12-9-21(5-6-23-12)14(22)20-8-11-3-4-19-13(7-11)24-10-15(16,17)18/h3-4,7,12H,2,5-6,8-10H2,1H3,(H,20,22)/t12-/m1/s1. The van der Waals surface area contributed by atoms with E-state index in [2.05, 4.69) is 15.0 Å². The summed E-state index contributed by atoms with van der Waals surface area (Å²) in [6.45, 7) is 2.30. The van der Waals surface area contributed by atoms with E-state index in [1.807, 2.05) is 6.92 Å². The largest absolute Gasteiger partial charge is 0.468 e. The highest BCUT2D eigenvalue weighted by atomic mass is 19.4. The minimum atomic E-state index is -4.42.